The summed E-state index contributed by atoms with van der Waals surface area (Å²) in [4.78, 5) is 106. The van der Waals surface area contributed by atoms with Gasteiger partial charge in [-0.3, -0.25) is 58.0 Å². The molecule has 4 heterocycles. The van der Waals surface area contributed by atoms with Gasteiger partial charge in [-0.1, -0.05) is 89.3 Å². The van der Waals surface area contributed by atoms with Gasteiger partial charge in [-0.2, -0.15) is 0 Å². The Bertz CT molecular complexity index is 2870. The van der Waals surface area contributed by atoms with Crippen molar-refractivity contribution in [2.75, 3.05) is 29.1 Å². The van der Waals surface area contributed by atoms with Crippen LogP contribution in [0.4, 0.5) is 22.7 Å². The van der Waals surface area contributed by atoms with Gasteiger partial charge in [-0.05, 0) is 210 Å². The second-order valence-electron chi connectivity index (χ2n) is 27.2. The molecule has 14 unspecified atom stereocenters. The topological polar surface area (TPSA) is 226 Å². The van der Waals surface area contributed by atoms with Crippen molar-refractivity contribution in [3.63, 3.8) is 0 Å². The Kier molecular flexibility index (Phi) is 24.5. The number of benzene rings is 2. The van der Waals surface area contributed by atoms with Gasteiger partial charge < -0.3 is 22.1 Å². The van der Waals surface area contributed by atoms with Crippen LogP contribution >= 0.6 is 0 Å². The van der Waals surface area contributed by atoms with E-state index >= 15 is 0 Å². The number of likely N-dealkylation sites (tertiary alicyclic amines) is 2. The van der Waals surface area contributed by atoms with Crippen molar-refractivity contribution >= 4 is 70.0 Å². The van der Waals surface area contributed by atoms with Crippen LogP contribution in [0, 0.1) is 67.1 Å². The minimum atomic E-state index is -0.525. The maximum absolute atomic E-state index is 13.8. The molecule has 4 aliphatic heterocycles. The Morgan fingerprint density at radius 2 is 0.830 bits per heavy atom. The molecule has 2 aromatic carbocycles. The van der Waals surface area contributed by atoms with Gasteiger partial charge in [0, 0.05) is 90.6 Å². The lowest BCUT2D eigenvalue weighted by Gasteiger charge is -2.42. The number of nitrogen functional groups attached to an aromatic ring is 2. The first-order chi connectivity index (χ1) is 40.9. The second kappa shape index (κ2) is 30.5. The first-order valence-electron chi connectivity index (χ1n) is 33.0. The van der Waals surface area contributed by atoms with Gasteiger partial charge >= 0.3 is 0 Å². The lowest BCUT2D eigenvalue weighted by Crippen LogP contribution is -2.48. The number of anilines is 4. The number of nitrogens with one attached hydrogen (secondary N) is 2. The summed E-state index contributed by atoms with van der Waals surface area (Å²) in [5, 5.41) is 6.89. The minimum Gasteiger partial charge on any atom is -0.398 e. The van der Waals surface area contributed by atoms with Crippen molar-refractivity contribution in [2.45, 2.75) is 250 Å². The van der Waals surface area contributed by atoms with Crippen LogP contribution in [0.5, 0.6) is 0 Å². The van der Waals surface area contributed by atoms with E-state index in [2.05, 4.69) is 85.1 Å². The Hall–Kier alpha value is -6.32. The molecular formula is C72H110N8O8. The Morgan fingerprint density at radius 3 is 1.18 bits per heavy atom. The summed E-state index contributed by atoms with van der Waals surface area (Å²) < 4.78 is 0. The monoisotopic (exact) mass is 1210 g/mol. The fourth-order valence-electron chi connectivity index (χ4n) is 17.0. The Labute approximate surface area is 527 Å². The van der Waals surface area contributed by atoms with Crippen molar-refractivity contribution in [1.82, 2.24) is 19.6 Å². The Balaban J connectivity index is 0.000000240. The SMILES string of the molecule is C.C.CC1CC(CC2CCC(N3C(=O)C=CC3=O)C(C)C2)CCC1N1C(=O)C=CC1=O.CCc1cc(C)c(N)c(CC)c1N.CCc1cc(C)c(NC2CC(=O)N(C3CCC(CC4CCC(N5C(=O)CC(C)C5=O)C(C)C4)CC3C)C2=O)c(CC)c1NC. The van der Waals surface area contributed by atoms with Gasteiger partial charge in [-0.25, -0.2) is 0 Å². The number of nitrogens with two attached hydrogens (primary N) is 2. The van der Waals surface area contributed by atoms with Crippen LogP contribution in [0.1, 0.15) is 213 Å². The third kappa shape index (κ3) is 14.9. The first-order valence-corrected chi connectivity index (χ1v) is 33.0. The fraction of sp³-hybridized carbons (Fsp3) is 0.667. The molecule has 4 saturated carbocycles. The molecule has 6 fully saturated rings. The molecule has 0 spiro atoms. The van der Waals surface area contributed by atoms with E-state index in [-0.39, 0.29) is 105 Å². The highest BCUT2D eigenvalue weighted by Gasteiger charge is 2.48. The van der Waals surface area contributed by atoms with E-state index in [1.807, 2.05) is 20.9 Å². The molecule has 0 bridgehead atoms. The number of carbonyl (C=O) groups is 8. The van der Waals surface area contributed by atoms with Gasteiger partial charge in [0.1, 0.15) is 6.04 Å². The predicted octanol–water partition coefficient (Wildman–Crippen LogP) is 12.5. The average Bonchev–Trinajstić information content (AvgIpc) is 1.71. The molecule has 16 nitrogen and oxygen atoms in total. The number of amides is 8. The summed E-state index contributed by atoms with van der Waals surface area (Å²) in [6.45, 7) is 23.2. The summed E-state index contributed by atoms with van der Waals surface area (Å²) in [6.07, 6.45) is 23.9. The number of nitrogens with zero attached hydrogens (tertiary/aromatic N) is 4. The van der Waals surface area contributed by atoms with E-state index in [1.54, 1.807) is 9.80 Å². The third-order valence-corrected chi connectivity index (χ3v) is 21.4. The van der Waals surface area contributed by atoms with Gasteiger partial charge in [0.2, 0.25) is 17.7 Å². The highest BCUT2D eigenvalue weighted by molar-refractivity contribution is 6.14. The van der Waals surface area contributed by atoms with Crippen molar-refractivity contribution < 1.29 is 38.4 Å². The number of imide groups is 4. The molecule has 6 N–H and O–H groups in total. The molecule has 10 rings (SSSR count). The van der Waals surface area contributed by atoms with E-state index in [0.717, 1.165) is 155 Å². The summed E-state index contributed by atoms with van der Waals surface area (Å²) in [6, 6.07) is 3.81. The van der Waals surface area contributed by atoms with E-state index < -0.39 is 6.04 Å². The molecule has 8 amide bonds. The zero-order chi connectivity index (χ0) is 62.6. The van der Waals surface area contributed by atoms with E-state index in [0.29, 0.717) is 47.8 Å². The average molecular weight is 1220 g/mol. The van der Waals surface area contributed by atoms with Gasteiger partial charge in [0.25, 0.3) is 29.5 Å². The van der Waals surface area contributed by atoms with Crippen LogP contribution in [0.15, 0.2) is 36.4 Å². The molecule has 4 aliphatic carbocycles. The van der Waals surface area contributed by atoms with Crippen molar-refractivity contribution in [3.05, 3.63) is 69.8 Å². The first kappa shape index (κ1) is 70.8. The van der Waals surface area contributed by atoms with E-state index in [9.17, 15) is 38.4 Å². The highest BCUT2D eigenvalue weighted by atomic mass is 16.2. The smallest absolute Gasteiger partial charge is 0.253 e. The lowest BCUT2D eigenvalue weighted by molar-refractivity contribution is -0.145. The predicted molar refractivity (Wildman–Crippen MR) is 354 cm³/mol. The van der Waals surface area contributed by atoms with Crippen LogP contribution in [0.3, 0.4) is 0 Å². The standard InChI is InChI=1S/C36H54N4O4.C23H30N2O4.C11H18N2.2CH4/c1-8-26-16-22(5)33(27(9-2)34(26)37-7)38-28-19-32(42)40(36(28)44)30-13-11-25(15-21(30)4)18-24-10-12-29(20(3)14-24)39-31(41)17-23(6)35(39)43;1-14-11-16(3-5-18(14)24-20(26)7-8-21(24)27)13-17-4-6-19(15(2)12-17)25-22(28)9-10-23(25)29;1-4-8-6-7(3)10(12)9(5-2)11(8)13;;/h16,20-21,23-25,28-30,37-38H,8-15,17-19H2,1-7H3;7-10,14-19H,3-6,11-13H2,1-2H3;6H,4-5,12-13H2,1-3H3;2*1H4. The Morgan fingerprint density at radius 1 is 0.455 bits per heavy atom. The second-order valence-corrected chi connectivity index (χ2v) is 27.2. The number of hydrogen-bond donors (Lipinski definition) is 4. The molecular weight excluding hydrogens is 1100 g/mol. The van der Waals surface area contributed by atoms with E-state index in [4.69, 9.17) is 11.5 Å². The maximum Gasteiger partial charge on any atom is 0.253 e. The van der Waals surface area contributed by atoms with Crippen molar-refractivity contribution in [3.8, 4) is 0 Å². The molecule has 2 saturated heterocycles. The zero-order valence-corrected chi connectivity index (χ0v) is 53.9. The molecule has 14 atom stereocenters. The lowest BCUT2D eigenvalue weighted by atomic mass is 9.70. The van der Waals surface area contributed by atoms with Crippen LogP contribution in [-0.4, -0.2) is 104 Å². The molecule has 0 aromatic heterocycles. The number of hydrogen-bond acceptors (Lipinski definition) is 12. The zero-order valence-electron chi connectivity index (χ0n) is 53.9. The normalized spacial score (nSPS) is 30.5. The summed E-state index contributed by atoms with van der Waals surface area (Å²) in [7, 11) is 1.95. The molecule has 8 aliphatic rings. The van der Waals surface area contributed by atoms with Gasteiger partial charge in [-0.15, -0.1) is 0 Å². The third-order valence-electron chi connectivity index (χ3n) is 21.4. The summed E-state index contributed by atoms with van der Waals surface area (Å²) >= 11 is 0. The molecule has 486 valence electrons. The van der Waals surface area contributed by atoms with Gasteiger partial charge in [0.15, 0.2) is 0 Å². The quantitative estimate of drug-likeness (QED) is 0.0965. The summed E-state index contributed by atoms with van der Waals surface area (Å²) in [5.74, 6) is 2.68. The summed E-state index contributed by atoms with van der Waals surface area (Å²) in [5.41, 5.74) is 22.8. The number of rotatable bonds is 15. The fourth-order valence-corrected chi connectivity index (χ4v) is 17.0. The largest absolute Gasteiger partial charge is 0.398 e. The molecule has 2 aromatic rings. The van der Waals surface area contributed by atoms with Crippen LogP contribution in [0.25, 0.3) is 0 Å². The van der Waals surface area contributed by atoms with Crippen LogP contribution in [-0.2, 0) is 64.0 Å². The maximum atomic E-state index is 13.8. The van der Waals surface area contributed by atoms with E-state index in [1.165, 1.54) is 50.8 Å². The van der Waals surface area contributed by atoms with Gasteiger partial charge in [0.05, 0.1) is 6.42 Å². The number of carbonyl (C=O) groups excluding carboxylic acids is 8. The van der Waals surface area contributed by atoms with Crippen molar-refractivity contribution in [2.24, 2.45) is 53.3 Å². The van der Waals surface area contributed by atoms with Crippen LogP contribution < -0.4 is 22.1 Å². The van der Waals surface area contributed by atoms with Crippen molar-refractivity contribution in [1.29, 1.82) is 0 Å². The number of aryl methyl sites for hydroxylation is 4. The van der Waals surface area contributed by atoms with Crippen LogP contribution in [0.2, 0.25) is 0 Å². The highest BCUT2D eigenvalue weighted by Crippen LogP contribution is 2.45. The molecule has 16 heteroatoms. The minimum absolute atomic E-state index is 0. The molecule has 0 radical (unpaired) electrons. The molecule has 88 heavy (non-hydrogen) atoms.